The van der Waals surface area contributed by atoms with E-state index in [9.17, 15) is 9.59 Å². The zero-order valence-electron chi connectivity index (χ0n) is 13.6. The molecule has 2 N–H and O–H groups in total. The third-order valence-corrected chi connectivity index (χ3v) is 4.69. The van der Waals surface area contributed by atoms with Gasteiger partial charge in [-0.3, -0.25) is 14.2 Å². The summed E-state index contributed by atoms with van der Waals surface area (Å²) in [4.78, 5) is 27.7. The van der Waals surface area contributed by atoms with E-state index in [0.29, 0.717) is 46.9 Å². The van der Waals surface area contributed by atoms with Crippen molar-refractivity contribution in [2.75, 3.05) is 19.8 Å². The summed E-state index contributed by atoms with van der Waals surface area (Å²) in [5.41, 5.74) is 0.962. The number of benzene rings is 1. The van der Waals surface area contributed by atoms with E-state index in [1.54, 1.807) is 18.2 Å². The van der Waals surface area contributed by atoms with Gasteiger partial charge in [0, 0.05) is 25.3 Å². The second-order valence-corrected chi connectivity index (χ2v) is 6.42. The van der Waals surface area contributed by atoms with Gasteiger partial charge in [0.05, 0.1) is 17.5 Å². The molecule has 1 amide bonds. The van der Waals surface area contributed by atoms with Crippen LogP contribution in [0.4, 0.5) is 0 Å². The Morgan fingerprint density at radius 3 is 3.04 bits per heavy atom. The van der Waals surface area contributed by atoms with Crippen molar-refractivity contribution in [1.29, 1.82) is 0 Å². The number of ether oxygens (including phenoxy) is 1. The Morgan fingerprint density at radius 1 is 1.50 bits per heavy atom. The molecule has 2 heterocycles. The van der Waals surface area contributed by atoms with Gasteiger partial charge in [0.15, 0.2) is 4.77 Å². The molecule has 0 aliphatic carbocycles. The van der Waals surface area contributed by atoms with E-state index in [1.165, 1.54) is 4.57 Å². The Labute approximate surface area is 144 Å². The molecule has 2 aromatic rings. The molecule has 3 rings (SSSR count). The van der Waals surface area contributed by atoms with Gasteiger partial charge in [0.25, 0.3) is 11.5 Å². The zero-order valence-corrected chi connectivity index (χ0v) is 14.4. The van der Waals surface area contributed by atoms with Crippen LogP contribution < -0.4 is 10.9 Å². The monoisotopic (exact) mass is 347 g/mol. The van der Waals surface area contributed by atoms with Gasteiger partial charge in [0.1, 0.15) is 0 Å². The number of hydrogen-bond acceptors (Lipinski definition) is 4. The maximum absolute atomic E-state index is 12.4. The fourth-order valence-corrected chi connectivity index (χ4v) is 3.31. The normalized spacial score (nSPS) is 17.8. The maximum atomic E-state index is 12.4. The largest absolute Gasteiger partial charge is 0.381 e. The molecule has 0 radical (unpaired) electrons. The highest BCUT2D eigenvalue weighted by Crippen LogP contribution is 2.14. The summed E-state index contributed by atoms with van der Waals surface area (Å²) in [7, 11) is 0. The maximum Gasteiger partial charge on any atom is 0.262 e. The van der Waals surface area contributed by atoms with Crippen molar-refractivity contribution in [2.24, 2.45) is 5.92 Å². The molecule has 1 aliphatic heterocycles. The van der Waals surface area contributed by atoms with Gasteiger partial charge in [-0.1, -0.05) is 0 Å². The van der Waals surface area contributed by atoms with Crippen molar-refractivity contribution >= 4 is 29.0 Å². The molecule has 128 valence electrons. The zero-order chi connectivity index (χ0) is 17.1. The summed E-state index contributed by atoms with van der Waals surface area (Å²) >= 11 is 5.20. The summed E-state index contributed by atoms with van der Waals surface area (Å²) in [6.45, 7) is 4.49. The number of H-pyrrole nitrogens is 1. The predicted molar refractivity (Wildman–Crippen MR) is 94.9 cm³/mol. The molecule has 0 saturated carbocycles. The van der Waals surface area contributed by atoms with E-state index in [1.807, 2.05) is 6.92 Å². The van der Waals surface area contributed by atoms with Gasteiger partial charge in [-0.15, -0.1) is 0 Å². The number of rotatable bonds is 4. The molecule has 24 heavy (non-hydrogen) atoms. The molecule has 1 aromatic carbocycles. The summed E-state index contributed by atoms with van der Waals surface area (Å²) in [5.74, 6) is 0.215. The van der Waals surface area contributed by atoms with Crippen molar-refractivity contribution in [1.82, 2.24) is 14.9 Å². The molecule has 1 aliphatic rings. The average Bonchev–Trinajstić information content (AvgIpc) is 2.60. The molecule has 1 fully saturated rings. The molecule has 6 nitrogen and oxygen atoms in total. The number of nitrogens with zero attached hydrogens (tertiary/aromatic N) is 1. The minimum Gasteiger partial charge on any atom is -0.381 e. The summed E-state index contributed by atoms with van der Waals surface area (Å²) in [6, 6.07) is 5.03. The topological polar surface area (TPSA) is 76.1 Å². The first-order valence-corrected chi connectivity index (χ1v) is 8.63. The SMILES string of the molecule is CCn1c(=S)[nH]c2cc(C(=O)NC[C@H]3CCCOC3)ccc2c1=O. The Balaban J connectivity index is 1.81. The molecule has 1 aromatic heterocycles. The van der Waals surface area contributed by atoms with E-state index in [2.05, 4.69) is 10.3 Å². The van der Waals surface area contributed by atoms with Crippen molar-refractivity contribution in [3.63, 3.8) is 0 Å². The van der Waals surface area contributed by atoms with Crippen LogP contribution in [0.15, 0.2) is 23.0 Å². The summed E-state index contributed by atoms with van der Waals surface area (Å²) < 4.78 is 7.29. The number of aromatic nitrogens is 2. The Kier molecular flexibility index (Phi) is 5.11. The summed E-state index contributed by atoms with van der Waals surface area (Å²) in [6.07, 6.45) is 2.11. The van der Waals surface area contributed by atoms with E-state index >= 15 is 0 Å². The fourth-order valence-electron chi connectivity index (χ4n) is 2.99. The Morgan fingerprint density at radius 2 is 2.33 bits per heavy atom. The van der Waals surface area contributed by atoms with Crippen molar-refractivity contribution in [2.45, 2.75) is 26.3 Å². The van der Waals surface area contributed by atoms with E-state index in [-0.39, 0.29) is 11.5 Å². The van der Waals surface area contributed by atoms with Crippen molar-refractivity contribution in [3.8, 4) is 0 Å². The highest BCUT2D eigenvalue weighted by Gasteiger charge is 2.16. The first-order valence-electron chi connectivity index (χ1n) is 8.23. The van der Waals surface area contributed by atoms with E-state index < -0.39 is 0 Å². The molecule has 7 heteroatoms. The van der Waals surface area contributed by atoms with E-state index in [0.717, 1.165) is 19.4 Å². The molecule has 1 saturated heterocycles. The minimum absolute atomic E-state index is 0.137. The van der Waals surface area contributed by atoms with Crippen LogP contribution in [0.3, 0.4) is 0 Å². The van der Waals surface area contributed by atoms with Gasteiger partial charge in [-0.05, 0) is 56.1 Å². The second-order valence-electron chi connectivity index (χ2n) is 6.03. The van der Waals surface area contributed by atoms with Gasteiger partial charge < -0.3 is 15.0 Å². The van der Waals surface area contributed by atoms with Gasteiger partial charge in [-0.25, -0.2) is 0 Å². The first kappa shape index (κ1) is 16.9. The fraction of sp³-hybridized carbons (Fsp3) is 0.471. The number of fused-ring (bicyclic) bond motifs is 1. The number of carbonyl (C=O) groups excluding carboxylic acids is 1. The average molecular weight is 347 g/mol. The van der Waals surface area contributed by atoms with Crippen LogP contribution in [0, 0.1) is 10.7 Å². The lowest BCUT2D eigenvalue weighted by molar-refractivity contribution is 0.0536. The van der Waals surface area contributed by atoms with Crippen LogP contribution in [-0.4, -0.2) is 35.2 Å². The summed E-state index contributed by atoms with van der Waals surface area (Å²) in [5, 5.41) is 3.47. The Bertz CT molecular complexity index is 865. The van der Waals surface area contributed by atoms with Crippen molar-refractivity contribution < 1.29 is 9.53 Å². The third-order valence-electron chi connectivity index (χ3n) is 4.37. The van der Waals surface area contributed by atoms with Gasteiger partial charge >= 0.3 is 0 Å². The molecular weight excluding hydrogens is 326 g/mol. The molecular formula is C17H21N3O3S. The predicted octanol–water partition coefficient (Wildman–Crippen LogP) is 2.24. The lowest BCUT2D eigenvalue weighted by Gasteiger charge is -2.22. The molecule has 1 atom stereocenters. The second kappa shape index (κ2) is 7.27. The lowest BCUT2D eigenvalue weighted by atomic mass is 10.0. The van der Waals surface area contributed by atoms with Crippen molar-refractivity contribution in [3.05, 3.63) is 38.9 Å². The van der Waals surface area contributed by atoms with Gasteiger partial charge in [-0.2, -0.15) is 0 Å². The number of hydrogen-bond donors (Lipinski definition) is 2. The highest BCUT2D eigenvalue weighted by atomic mass is 32.1. The molecule has 0 bridgehead atoms. The third kappa shape index (κ3) is 3.42. The highest BCUT2D eigenvalue weighted by molar-refractivity contribution is 7.71. The van der Waals surface area contributed by atoms with Crippen LogP contribution in [0.25, 0.3) is 10.9 Å². The number of carbonyl (C=O) groups is 1. The molecule has 0 spiro atoms. The first-order chi connectivity index (χ1) is 11.6. The number of nitrogens with one attached hydrogen (secondary N) is 2. The number of aromatic amines is 1. The Hall–Kier alpha value is -1.99. The van der Waals surface area contributed by atoms with Crippen LogP contribution in [0.2, 0.25) is 0 Å². The minimum atomic E-state index is -0.151. The van der Waals surface area contributed by atoms with Gasteiger partial charge in [0.2, 0.25) is 0 Å². The molecule has 0 unspecified atom stereocenters. The standard InChI is InChI=1S/C17H21N3O3S/c1-2-20-16(22)13-6-5-12(8-14(13)19-17(20)24)15(21)18-9-11-4-3-7-23-10-11/h5-6,8,11H,2-4,7,9-10H2,1H3,(H,18,21)(H,19,24)/t11-/m1/s1. The van der Waals surface area contributed by atoms with Crippen LogP contribution in [0.5, 0.6) is 0 Å². The van der Waals surface area contributed by atoms with E-state index in [4.69, 9.17) is 17.0 Å². The van der Waals surface area contributed by atoms with Crippen LogP contribution in [-0.2, 0) is 11.3 Å². The quantitative estimate of drug-likeness (QED) is 0.832. The number of amides is 1. The van der Waals surface area contributed by atoms with Crippen LogP contribution >= 0.6 is 12.2 Å². The van der Waals surface area contributed by atoms with Crippen LogP contribution in [0.1, 0.15) is 30.1 Å². The smallest absolute Gasteiger partial charge is 0.262 e. The lowest BCUT2D eigenvalue weighted by Crippen LogP contribution is -2.33.